The number of likely N-dealkylation sites (tertiary alicyclic amines) is 2. The molecule has 5 rings (SSSR count). The molecule has 1 amide bonds. The van der Waals surface area contributed by atoms with Gasteiger partial charge in [-0.1, -0.05) is 11.6 Å². The van der Waals surface area contributed by atoms with Gasteiger partial charge in [-0.3, -0.25) is 9.69 Å². The highest BCUT2D eigenvalue weighted by Crippen LogP contribution is 2.66. The minimum absolute atomic E-state index is 0.274. The van der Waals surface area contributed by atoms with Gasteiger partial charge in [0.2, 0.25) is 5.91 Å². The van der Waals surface area contributed by atoms with Crippen LogP contribution in [0.15, 0.2) is 6.20 Å². The molecule has 2 aliphatic carbocycles. The van der Waals surface area contributed by atoms with Crippen LogP contribution in [-0.4, -0.2) is 55.9 Å². The van der Waals surface area contributed by atoms with Crippen LogP contribution in [-0.2, 0) is 11.3 Å². The van der Waals surface area contributed by atoms with Crippen molar-refractivity contribution >= 4 is 5.91 Å². The summed E-state index contributed by atoms with van der Waals surface area (Å²) in [6.45, 7) is 8.46. The molecular formula is C21H33N5O. The van der Waals surface area contributed by atoms with Gasteiger partial charge in [0.05, 0.1) is 17.9 Å². The van der Waals surface area contributed by atoms with Gasteiger partial charge in [0, 0.05) is 31.1 Å². The summed E-state index contributed by atoms with van der Waals surface area (Å²) >= 11 is 0. The second-order valence-corrected chi connectivity index (χ2v) is 10.1. The van der Waals surface area contributed by atoms with Crippen LogP contribution in [0.25, 0.3) is 0 Å². The van der Waals surface area contributed by atoms with Crippen LogP contribution in [0.5, 0.6) is 0 Å². The minimum atomic E-state index is 0.274. The largest absolute Gasteiger partial charge is 0.342 e. The molecule has 1 unspecified atom stereocenters. The highest BCUT2D eigenvalue weighted by atomic mass is 16.2. The first-order valence-electron chi connectivity index (χ1n) is 10.9. The monoisotopic (exact) mass is 371 g/mol. The average Bonchev–Trinajstić information content (AvgIpc) is 3.10. The van der Waals surface area contributed by atoms with Crippen LogP contribution >= 0.6 is 0 Å². The van der Waals surface area contributed by atoms with Gasteiger partial charge in [0.25, 0.3) is 0 Å². The second-order valence-electron chi connectivity index (χ2n) is 10.1. The van der Waals surface area contributed by atoms with Crippen molar-refractivity contribution < 1.29 is 4.79 Å². The minimum Gasteiger partial charge on any atom is -0.342 e. The highest BCUT2D eigenvalue weighted by molar-refractivity contribution is 5.83. The number of aromatic nitrogens is 3. The third-order valence-electron chi connectivity index (χ3n) is 7.97. The van der Waals surface area contributed by atoms with Crippen LogP contribution in [0.4, 0.5) is 0 Å². The molecule has 148 valence electrons. The summed E-state index contributed by atoms with van der Waals surface area (Å²) in [6.07, 6.45) is 11.7. The molecule has 0 N–H and O–H groups in total. The van der Waals surface area contributed by atoms with E-state index in [1.54, 1.807) is 0 Å². The van der Waals surface area contributed by atoms with Crippen molar-refractivity contribution in [3.05, 3.63) is 11.9 Å². The Labute approximate surface area is 162 Å². The fourth-order valence-corrected chi connectivity index (χ4v) is 5.67. The Hall–Kier alpha value is -1.43. The molecule has 2 saturated heterocycles. The van der Waals surface area contributed by atoms with Crippen molar-refractivity contribution in [1.82, 2.24) is 24.8 Å². The summed E-state index contributed by atoms with van der Waals surface area (Å²) in [6, 6.07) is 0.388. The summed E-state index contributed by atoms with van der Waals surface area (Å²) in [5.74, 6) is 0.785. The van der Waals surface area contributed by atoms with E-state index in [0.717, 1.165) is 51.1 Å². The van der Waals surface area contributed by atoms with Gasteiger partial charge in [0.1, 0.15) is 0 Å². The Bertz CT molecular complexity index is 714. The zero-order valence-electron chi connectivity index (χ0n) is 16.9. The Morgan fingerprint density at radius 2 is 1.93 bits per heavy atom. The Morgan fingerprint density at radius 3 is 2.52 bits per heavy atom. The fraction of sp³-hybridized carbons (Fsp3) is 0.857. The van der Waals surface area contributed by atoms with E-state index < -0.39 is 0 Å². The van der Waals surface area contributed by atoms with Gasteiger partial charge >= 0.3 is 0 Å². The number of piperidine rings is 1. The third kappa shape index (κ3) is 3.10. The molecule has 1 aromatic rings. The number of carbonyl (C=O) groups excluding carboxylic acids is 1. The molecule has 1 aromatic heterocycles. The van der Waals surface area contributed by atoms with E-state index in [4.69, 9.17) is 0 Å². The normalized spacial score (nSPS) is 29.9. The van der Waals surface area contributed by atoms with Crippen LogP contribution in [0.2, 0.25) is 0 Å². The molecular weight excluding hydrogens is 338 g/mol. The number of hydrogen-bond donors (Lipinski definition) is 0. The van der Waals surface area contributed by atoms with Gasteiger partial charge in [-0.05, 0) is 70.8 Å². The lowest BCUT2D eigenvalue weighted by atomic mass is 9.79. The van der Waals surface area contributed by atoms with Crippen LogP contribution < -0.4 is 0 Å². The molecule has 4 fully saturated rings. The summed E-state index contributed by atoms with van der Waals surface area (Å²) < 4.78 is 2.06. The van der Waals surface area contributed by atoms with Crippen molar-refractivity contribution in [3.63, 3.8) is 0 Å². The number of hydrogen-bond acceptors (Lipinski definition) is 4. The summed E-state index contributed by atoms with van der Waals surface area (Å²) in [5, 5.41) is 8.87. The van der Waals surface area contributed by atoms with E-state index in [9.17, 15) is 4.79 Å². The van der Waals surface area contributed by atoms with E-state index >= 15 is 0 Å². The highest BCUT2D eigenvalue weighted by Gasteiger charge is 2.61. The quantitative estimate of drug-likeness (QED) is 0.816. The van der Waals surface area contributed by atoms with Crippen LogP contribution in [0, 0.1) is 11.3 Å². The molecule has 1 spiro atoms. The van der Waals surface area contributed by atoms with Crippen LogP contribution in [0.1, 0.15) is 76.9 Å². The molecule has 3 heterocycles. The van der Waals surface area contributed by atoms with Gasteiger partial charge < -0.3 is 4.90 Å². The topological polar surface area (TPSA) is 54.3 Å². The maximum absolute atomic E-state index is 12.8. The molecule has 0 bridgehead atoms. The standard InChI is InChI=1S/C21H33N5O/c1-20(2)7-4-10-25(20)14-16-15-26(23-22-16)17-5-11-24(12-6-17)19(27)18-13-21(18)8-3-9-21/h15,17-18H,3-14H2,1-2H3. The zero-order chi connectivity index (χ0) is 18.6. The average molecular weight is 372 g/mol. The molecule has 6 nitrogen and oxygen atoms in total. The Morgan fingerprint density at radius 1 is 1.15 bits per heavy atom. The van der Waals surface area contributed by atoms with E-state index in [2.05, 4.69) is 44.8 Å². The SMILES string of the molecule is CC1(C)CCCN1Cc1cn(C2CCN(C(=O)C3CC34CCC4)CC2)nn1. The van der Waals surface area contributed by atoms with E-state index in [0.29, 0.717) is 23.3 Å². The van der Waals surface area contributed by atoms with Gasteiger partial charge in [-0.25, -0.2) is 4.68 Å². The van der Waals surface area contributed by atoms with Crippen molar-refractivity contribution in [1.29, 1.82) is 0 Å². The smallest absolute Gasteiger partial charge is 0.226 e. The van der Waals surface area contributed by atoms with Crippen LogP contribution in [0.3, 0.4) is 0 Å². The second kappa shape index (κ2) is 6.29. The summed E-state index contributed by atoms with van der Waals surface area (Å²) in [5.41, 5.74) is 1.79. The molecule has 0 aromatic carbocycles. The third-order valence-corrected chi connectivity index (χ3v) is 7.97. The molecule has 1 atom stereocenters. The fourth-order valence-electron chi connectivity index (χ4n) is 5.67. The lowest BCUT2D eigenvalue weighted by Crippen LogP contribution is -2.41. The lowest BCUT2D eigenvalue weighted by molar-refractivity contribution is -0.135. The molecule has 0 radical (unpaired) electrons. The molecule has 2 saturated carbocycles. The number of rotatable bonds is 4. The lowest BCUT2D eigenvalue weighted by Gasteiger charge is -2.34. The first-order valence-corrected chi connectivity index (χ1v) is 10.9. The van der Waals surface area contributed by atoms with Crippen molar-refractivity contribution in [2.75, 3.05) is 19.6 Å². The number of nitrogens with zero attached hydrogens (tertiary/aromatic N) is 5. The predicted octanol–water partition coefficient (Wildman–Crippen LogP) is 3.01. The summed E-state index contributed by atoms with van der Waals surface area (Å²) in [4.78, 5) is 17.4. The van der Waals surface area contributed by atoms with Gasteiger partial charge in [-0.15, -0.1) is 5.10 Å². The van der Waals surface area contributed by atoms with Gasteiger partial charge in [-0.2, -0.15) is 0 Å². The van der Waals surface area contributed by atoms with E-state index in [1.165, 1.54) is 32.1 Å². The van der Waals surface area contributed by atoms with Crippen molar-refractivity contribution in [2.24, 2.45) is 11.3 Å². The maximum Gasteiger partial charge on any atom is 0.226 e. The molecule has 2 aliphatic heterocycles. The predicted molar refractivity (Wildman–Crippen MR) is 103 cm³/mol. The molecule has 6 heteroatoms. The maximum atomic E-state index is 12.8. The first-order chi connectivity index (χ1) is 13.0. The number of amides is 1. The summed E-state index contributed by atoms with van der Waals surface area (Å²) in [7, 11) is 0. The zero-order valence-corrected chi connectivity index (χ0v) is 16.9. The van der Waals surface area contributed by atoms with E-state index in [1.807, 2.05) is 0 Å². The Balaban J connectivity index is 1.15. The van der Waals surface area contributed by atoms with Gasteiger partial charge in [0.15, 0.2) is 0 Å². The van der Waals surface area contributed by atoms with Crippen molar-refractivity contribution in [3.8, 4) is 0 Å². The van der Waals surface area contributed by atoms with Crippen molar-refractivity contribution in [2.45, 2.75) is 83.3 Å². The molecule has 4 aliphatic rings. The number of carbonyl (C=O) groups is 1. The Kier molecular flexibility index (Phi) is 4.12. The first kappa shape index (κ1) is 17.7. The molecule has 27 heavy (non-hydrogen) atoms. The van der Waals surface area contributed by atoms with E-state index in [-0.39, 0.29) is 5.54 Å².